The monoisotopic (exact) mass is 246 g/mol. The third-order valence-electron chi connectivity index (χ3n) is 3.53. The first-order valence-electron chi connectivity index (χ1n) is 6.48. The van der Waals surface area contributed by atoms with Gasteiger partial charge in [-0.15, -0.1) is 0 Å². The summed E-state index contributed by atoms with van der Waals surface area (Å²) in [5, 5.41) is 18.7. The average Bonchev–Trinajstić information content (AvgIpc) is 2.86. The standard InChI is InChI=1S/C13H18N4O/c14-10-13(6-4-2-1-3-5-7-13)17-12(18)11-8-15-16-9-11/h8-9H,1-7H2,(H,15,16)(H,17,18). The minimum Gasteiger partial charge on any atom is -0.334 e. The Kier molecular flexibility index (Phi) is 3.98. The Labute approximate surface area is 107 Å². The predicted molar refractivity (Wildman–Crippen MR) is 66.7 cm³/mol. The fourth-order valence-corrected chi connectivity index (χ4v) is 2.44. The van der Waals surface area contributed by atoms with Crippen LogP contribution in [0.25, 0.3) is 0 Å². The highest BCUT2D eigenvalue weighted by molar-refractivity contribution is 5.94. The highest BCUT2D eigenvalue weighted by atomic mass is 16.1. The second-order valence-electron chi connectivity index (χ2n) is 4.90. The number of hydrogen-bond acceptors (Lipinski definition) is 3. The minimum atomic E-state index is -0.700. The zero-order chi connectivity index (χ0) is 12.8. The van der Waals surface area contributed by atoms with Crippen LogP contribution >= 0.6 is 0 Å². The van der Waals surface area contributed by atoms with Crippen LogP contribution in [0.1, 0.15) is 55.3 Å². The van der Waals surface area contributed by atoms with Crippen molar-refractivity contribution in [1.82, 2.24) is 15.5 Å². The number of H-pyrrole nitrogens is 1. The van der Waals surface area contributed by atoms with Crippen LogP contribution in [-0.4, -0.2) is 21.6 Å². The molecule has 0 atom stereocenters. The van der Waals surface area contributed by atoms with Crippen molar-refractivity contribution in [2.24, 2.45) is 0 Å². The van der Waals surface area contributed by atoms with Gasteiger partial charge >= 0.3 is 0 Å². The van der Waals surface area contributed by atoms with E-state index in [4.69, 9.17) is 0 Å². The van der Waals surface area contributed by atoms with Crippen LogP contribution in [0.3, 0.4) is 0 Å². The lowest BCUT2D eigenvalue weighted by molar-refractivity contribution is 0.0908. The fourth-order valence-electron chi connectivity index (χ4n) is 2.44. The molecule has 1 aliphatic rings. The van der Waals surface area contributed by atoms with Crippen LogP contribution < -0.4 is 5.32 Å². The van der Waals surface area contributed by atoms with Crippen molar-refractivity contribution in [3.63, 3.8) is 0 Å². The van der Waals surface area contributed by atoms with Crippen molar-refractivity contribution in [3.05, 3.63) is 18.0 Å². The number of aromatic amines is 1. The van der Waals surface area contributed by atoms with Gasteiger partial charge in [-0.3, -0.25) is 9.89 Å². The molecule has 2 N–H and O–H groups in total. The summed E-state index contributed by atoms with van der Waals surface area (Å²) >= 11 is 0. The van der Waals surface area contributed by atoms with Gasteiger partial charge in [-0.1, -0.05) is 32.1 Å². The van der Waals surface area contributed by atoms with E-state index in [-0.39, 0.29) is 5.91 Å². The Bertz CT molecular complexity index is 424. The second-order valence-corrected chi connectivity index (χ2v) is 4.90. The molecule has 1 aromatic heterocycles. The third kappa shape index (κ3) is 2.89. The van der Waals surface area contributed by atoms with E-state index in [1.807, 2.05) is 0 Å². The van der Waals surface area contributed by atoms with Crippen molar-refractivity contribution >= 4 is 5.91 Å². The summed E-state index contributed by atoms with van der Waals surface area (Å²) in [6, 6.07) is 2.32. The Morgan fingerprint density at radius 3 is 2.56 bits per heavy atom. The van der Waals surface area contributed by atoms with Crippen LogP contribution in [0, 0.1) is 11.3 Å². The van der Waals surface area contributed by atoms with E-state index in [0.717, 1.165) is 38.5 Å². The maximum atomic E-state index is 12.0. The summed E-state index contributed by atoms with van der Waals surface area (Å²) in [5.41, 5.74) is -0.221. The molecule has 0 unspecified atom stereocenters. The number of nitrogens with zero attached hydrogens (tertiary/aromatic N) is 2. The SMILES string of the molecule is N#CC1(NC(=O)c2cn[nH]c2)CCCCCCC1. The number of nitriles is 1. The van der Waals surface area contributed by atoms with E-state index in [2.05, 4.69) is 21.6 Å². The largest absolute Gasteiger partial charge is 0.334 e. The third-order valence-corrected chi connectivity index (χ3v) is 3.53. The topological polar surface area (TPSA) is 81.6 Å². The van der Waals surface area contributed by atoms with Crippen molar-refractivity contribution < 1.29 is 4.79 Å². The molecular formula is C13H18N4O. The summed E-state index contributed by atoms with van der Waals surface area (Å²) in [6.45, 7) is 0. The first-order chi connectivity index (χ1) is 8.76. The number of hydrogen-bond donors (Lipinski definition) is 2. The number of nitrogens with one attached hydrogen (secondary N) is 2. The van der Waals surface area contributed by atoms with Crippen LogP contribution in [0.4, 0.5) is 0 Å². The summed E-state index contributed by atoms with van der Waals surface area (Å²) in [6.07, 6.45) is 10.0. The Morgan fingerprint density at radius 1 is 1.33 bits per heavy atom. The van der Waals surface area contributed by atoms with Crippen molar-refractivity contribution in [3.8, 4) is 6.07 Å². The van der Waals surface area contributed by atoms with Gasteiger partial charge in [0.2, 0.25) is 0 Å². The Morgan fingerprint density at radius 2 is 2.00 bits per heavy atom. The smallest absolute Gasteiger partial charge is 0.255 e. The molecule has 1 saturated carbocycles. The summed E-state index contributed by atoms with van der Waals surface area (Å²) in [4.78, 5) is 12.0. The summed E-state index contributed by atoms with van der Waals surface area (Å²) in [5.74, 6) is -0.217. The molecule has 0 radical (unpaired) electrons. The average molecular weight is 246 g/mol. The van der Waals surface area contributed by atoms with E-state index < -0.39 is 5.54 Å². The van der Waals surface area contributed by atoms with E-state index in [1.54, 1.807) is 6.20 Å². The summed E-state index contributed by atoms with van der Waals surface area (Å²) < 4.78 is 0. The van der Waals surface area contributed by atoms with E-state index >= 15 is 0 Å². The van der Waals surface area contributed by atoms with Gasteiger partial charge < -0.3 is 5.32 Å². The van der Waals surface area contributed by atoms with Gasteiger partial charge in [-0.05, 0) is 12.8 Å². The van der Waals surface area contributed by atoms with Gasteiger partial charge in [0.05, 0.1) is 17.8 Å². The molecule has 1 aliphatic carbocycles. The molecule has 1 aromatic rings. The Hall–Kier alpha value is -1.83. The van der Waals surface area contributed by atoms with Crippen LogP contribution in [0.2, 0.25) is 0 Å². The van der Waals surface area contributed by atoms with Gasteiger partial charge in [-0.2, -0.15) is 10.4 Å². The number of aromatic nitrogens is 2. The lowest BCUT2D eigenvalue weighted by Crippen LogP contribution is -2.47. The second kappa shape index (κ2) is 5.67. The molecule has 1 heterocycles. The maximum absolute atomic E-state index is 12.0. The van der Waals surface area contributed by atoms with Crippen LogP contribution in [-0.2, 0) is 0 Å². The van der Waals surface area contributed by atoms with Gasteiger partial charge in [0.1, 0.15) is 5.54 Å². The molecule has 0 spiro atoms. The fraction of sp³-hybridized carbons (Fsp3) is 0.615. The molecule has 0 aliphatic heterocycles. The maximum Gasteiger partial charge on any atom is 0.255 e. The van der Waals surface area contributed by atoms with Crippen molar-refractivity contribution in [2.45, 2.75) is 50.5 Å². The molecule has 0 aromatic carbocycles. The highest BCUT2D eigenvalue weighted by Gasteiger charge is 2.32. The van der Waals surface area contributed by atoms with Crippen molar-refractivity contribution in [2.75, 3.05) is 0 Å². The molecule has 0 bridgehead atoms. The molecule has 0 saturated heterocycles. The molecule has 1 amide bonds. The predicted octanol–water partition coefficient (Wildman–Crippen LogP) is 2.15. The number of rotatable bonds is 2. The summed E-state index contributed by atoms with van der Waals surface area (Å²) in [7, 11) is 0. The first kappa shape index (κ1) is 12.6. The Balaban J connectivity index is 2.07. The van der Waals surface area contributed by atoms with E-state index in [1.165, 1.54) is 12.6 Å². The molecule has 96 valence electrons. The van der Waals surface area contributed by atoms with E-state index in [0.29, 0.717) is 5.56 Å². The van der Waals surface area contributed by atoms with Crippen LogP contribution in [0.15, 0.2) is 12.4 Å². The first-order valence-corrected chi connectivity index (χ1v) is 6.48. The highest BCUT2D eigenvalue weighted by Crippen LogP contribution is 2.26. The lowest BCUT2D eigenvalue weighted by atomic mass is 9.85. The molecule has 5 nitrogen and oxygen atoms in total. The zero-order valence-electron chi connectivity index (χ0n) is 10.4. The molecule has 1 fully saturated rings. The molecular weight excluding hydrogens is 228 g/mol. The zero-order valence-corrected chi connectivity index (χ0v) is 10.4. The number of carbonyl (C=O) groups excluding carboxylic acids is 1. The minimum absolute atomic E-state index is 0.217. The molecule has 5 heteroatoms. The normalized spacial score (nSPS) is 19.3. The molecule has 2 rings (SSSR count). The van der Waals surface area contributed by atoms with E-state index in [9.17, 15) is 10.1 Å². The van der Waals surface area contributed by atoms with Gasteiger partial charge in [0.25, 0.3) is 5.91 Å². The van der Waals surface area contributed by atoms with Gasteiger partial charge in [0, 0.05) is 6.20 Å². The number of carbonyl (C=O) groups is 1. The number of amides is 1. The van der Waals surface area contributed by atoms with Crippen molar-refractivity contribution in [1.29, 1.82) is 5.26 Å². The quantitative estimate of drug-likeness (QED) is 0.838. The van der Waals surface area contributed by atoms with Gasteiger partial charge in [0.15, 0.2) is 0 Å². The van der Waals surface area contributed by atoms with Gasteiger partial charge in [-0.25, -0.2) is 0 Å². The molecule has 18 heavy (non-hydrogen) atoms. The van der Waals surface area contributed by atoms with Crippen LogP contribution in [0.5, 0.6) is 0 Å². The lowest BCUT2D eigenvalue weighted by Gasteiger charge is -2.29.